The van der Waals surface area contributed by atoms with Crippen LogP contribution >= 0.6 is 11.3 Å². The molecule has 1 amide bonds. The summed E-state index contributed by atoms with van der Waals surface area (Å²) in [5.41, 5.74) is 2.78. The van der Waals surface area contributed by atoms with Gasteiger partial charge in [-0.05, 0) is 36.4 Å². The number of amides is 1. The van der Waals surface area contributed by atoms with Crippen LogP contribution in [-0.2, 0) is 4.79 Å². The molecule has 0 aliphatic rings. The van der Waals surface area contributed by atoms with Crippen molar-refractivity contribution in [2.45, 2.75) is 26.8 Å². The molecular formula is C18H22N4OS. The molecule has 0 unspecified atom stereocenters. The van der Waals surface area contributed by atoms with Crippen molar-refractivity contribution in [3.63, 3.8) is 0 Å². The number of rotatable bonds is 6. The number of nitrogens with zero attached hydrogens (tertiary/aromatic N) is 2. The van der Waals surface area contributed by atoms with Gasteiger partial charge in [-0.2, -0.15) is 11.3 Å². The second-order valence-corrected chi connectivity index (χ2v) is 7.03. The maximum absolute atomic E-state index is 12.3. The molecule has 0 spiro atoms. The van der Waals surface area contributed by atoms with Crippen molar-refractivity contribution in [2.75, 3.05) is 11.9 Å². The molecule has 24 heavy (non-hydrogen) atoms. The van der Waals surface area contributed by atoms with Gasteiger partial charge in [0.1, 0.15) is 23.2 Å². The van der Waals surface area contributed by atoms with Crippen molar-refractivity contribution < 1.29 is 4.79 Å². The molecule has 0 fully saturated rings. The number of fused-ring (bicyclic) bond motifs is 1. The molecule has 3 aromatic heterocycles. The largest absolute Gasteiger partial charge is 0.358 e. The predicted molar refractivity (Wildman–Crippen MR) is 99.4 cm³/mol. The Morgan fingerprint density at radius 1 is 1.29 bits per heavy atom. The monoisotopic (exact) mass is 342 g/mol. The molecule has 0 aliphatic carbocycles. The summed E-state index contributed by atoms with van der Waals surface area (Å²) in [6.45, 7) is 6.71. The van der Waals surface area contributed by atoms with E-state index in [0.717, 1.165) is 22.7 Å². The summed E-state index contributed by atoms with van der Waals surface area (Å²) < 4.78 is 1.99. The minimum absolute atomic E-state index is 0.00847. The van der Waals surface area contributed by atoms with E-state index in [1.807, 2.05) is 47.2 Å². The molecule has 3 heterocycles. The first kappa shape index (κ1) is 16.5. The van der Waals surface area contributed by atoms with Crippen molar-refractivity contribution in [1.82, 2.24) is 14.7 Å². The van der Waals surface area contributed by atoms with Crippen molar-refractivity contribution >= 4 is 28.7 Å². The van der Waals surface area contributed by atoms with Gasteiger partial charge in [-0.1, -0.05) is 19.9 Å². The average Bonchev–Trinajstić information content (AvgIpc) is 3.20. The van der Waals surface area contributed by atoms with Gasteiger partial charge in [-0.25, -0.2) is 4.98 Å². The van der Waals surface area contributed by atoms with Crippen molar-refractivity contribution in [1.29, 1.82) is 0 Å². The highest BCUT2D eigenvalue weighted by atomic mass is 32.1. The molecule has 0 radical (unpaired) electrons. The number of hydrogen-bond acceptors (Lipinski definition) is 4. The van der Waals surface area contributed by atoms with Crippen LogP contribution in [0.25, 0.3) is 16.9 Å². The summed E-state index contributed by atoms with van der Waals surface area (Å²) in [4.78, 5) is 17.0. The quantitative estimate of drug-likeness (QED) is 0.719. The standard InChI is InChI=1S/C18H22N4OS/c1-12(2)10-19-18(23)13(3)20-17-16(14-7-9-24-11-14)21-15-6-4-5-8-22(15)17/h4-9,11-13,20H,10H2,1-3H3,(H,19,23)/t13-/m1/s1. The third-order valence-electron chi connectivity index (χ3n) is 3.76. The molecular weight excluding hydrogens is 320 g/mol. The normalized spacial score (nSPS) is 12.5. The number of carbonyl (C=O) groups is 1. The zero-order valence-corrected chi connectivity index (χ0v) is 14.9. The average molecular weight is 342 g/mol. The van der Waals surface area contributed by atoms with Crippen molar-refractivity contribution in [3.8, 4) is 11.3 Å². The lowest BCUT2D eigenvalue weighted by atomic mass is 10.2. The topological polar surface area (TPSA) is 58.4 Å². The van der Waals surface area contributed by atoms with Gasteiger partial charge in [0.05, 0.1) is 0 Å². The van der Waals surface area contributed by atoms with Gasteiger partial charge in [0.15, 0.2) is 0 Å². The number of anilines is 1. The van der Waals surface area contributed by atoms with Gasteiger partial charge in [0.2, 0.25) is 5.91 Å². The fourth-order valence-corrected chi connectivity index (χ4v) is 3.10. The Bertz CT molecular complexity index is 823. The minimum atomic E-state index is -0.346. The highest BCUT2D eigenvalue weighted by molar-refractivity contribution is 7.08. The van der Waals surface area contributed by atoms with Crippen LogP contribution in [0, 0.1) is 5.92 Å². The van der Waals surface area contributed by atoms with Crippen LogP contribution in [0.1, 0.15) is 20.8 Å². The molecule has 0 aliphatic heterocycles. The SMILES string of the molecule is CC(C)CNC(=O)[C@@H](C)Nc1c(-c2ccsc2)nc2ccccn12. The van der Waals surface area contributed by atoms with E-state index in [4.69, 9.17) is 4.98 Å². The number of nitrogens with one attached hydrogen (secondary N) is 2. The Balaban J connectivity index is 1.90. The first-order valence-electron chi connectivity index (χ1n) is 8.10. The third-order valence-corrected chi connectivity index (χ3v) is 4.44. The van der Waals surface area contributed by atoms with E-state index in [-0.39, 0.29) is 11.9 Å². The van der Waals surface area contributed by atoms with Gasteiger partial charge >= 0.3 is 0 Å². The van der Waals surface area contributed by atoms with Crippen LogP contribution in [-0.4, -0.2) is 27.9 Å². The van der Waals surface area contributed by atoms with E-state index >= 15 is 0 Å². The summed E-state index contributed by atoms with van der Waals surface area (Å²) in [5.74, 6) is 1.26. The first-order valence-corrected chi connectivity index (χ1v) is 9.04. The molecule has 126 valence electrons. The maximum Gasteiger partial charge on any atom is 0.242 e. The summed E-state index contributed by atoms with van der Waals surface area (Å²) in [5, 5.41) is 10.4. The molecule has 0 saturated heterocycles. The fourth-order valence-electron chi connectivity index (χ4n) is 2.46. The van der Waals surface area contributed by atoms with Crippen molar-refractivity contribution in [3.05, 3.63) is 41.2 Å². The first-order chi connectivity index (χ1) is 11.6. The minimum Gasteiger partial charge on any atom is -0.358 e. The molecule has 0 aromatic carbocycles. The van der Waals surface area contributed by atoms with E-state index in [2.05, 4.69) is 29.9 Å². The highest BCUT2D eigenvalue weighted by Crippen LogP contribution is 2.30. The second-order valence-electron chi connectivity index (χ2n) is 6.25. The lowest BCUT2D eigenvalue weighted by Crippen LogP contribution is -2.39. The number of carbonyl (C=O) groups excluding carboxylic acids is 1. The number of pyridine rings is 1. The third kappa shape index (κ3) is 3.43. The zero-order valence-electron chi connectivity index (χ0n) is 14.1. The molecule has 1 atom stereocenters. The van der Waals surface area contributed by atoms with Crippen LogP contribution in [0.15, 0.2) is 41.2 Å². The van der Waals surface area contributed by atoms with E-state index in [1.165, 1.54) is 0 Å². The maximum atomic E-state index is 12.3. The molecule has 2 N–H and O–H groups in total. The van der Waals surface area contributed by atoms with E-state index in [9.17, 15) is 4.79 Å². The van der Waals surface area contributed by atoms with Crippen LogP contribution in [0.2, 0.25) is 0 Å². The number of imidazole rings is 1. The van der Waals surface area contributed by atoms with Gasteiger partial charge in [-0.3, -0.25) is 9.20 Å². The Labute approximate surface area is 145 Å². The van der Waals surface area contributed by atoms with Crippen LogP contribution in [0.3, 0.4) is 0 Å². The lowest BCUT2D eigenvalue weighted by Gasteiger charge is -2.17. The van der Waals surface area contributed by atoms with Crippen LogP contribution < -0.4 is 10.6 Å². The molecule has 5 nitrogen and oxygen atoms in total. The Morgan fingerprint density at radius 2 is 2.12 bits per heavy atom. The predicted octanol–water partition coefficient (Wildman–Crippen LogP) is 3.64. The van der Waals surface area contributed by atoms with Gasteiger partial charge in [0.25, 0.3) is 0 Å². The summed E-state index contributed by atoms with van der Waals surface area (Å²) in [6.07, 6.45) is 1.96. The molecule has 3 rings (SSSR count). The second kappa shape index (κ2) is 7.05. The van der Waals surface area contributed by atoms with E-state index in [0.29, 0.717) is 12.5 Å². The molecule has 3 aromatic rings. The van der Waals surface area contributed by atoms with Gasteiger partial charge in [0, 0.05) is 23.7 Å². The summed E-state index contributed by atoms with van der Waals surface area (Å²) in [7, 11) is 0. The Morgan fingerprint density at radius 3 is 2.83 bits per heavy atom. The van der Waals surface area contributed by atoms with Gasteiger partial charge in [-0.15, -0.1) is 0 Å². The number of aromatic nitrogens is 2. The highest BCUT2D eigenvalue weighted by Gasteiger charge is 2.19. The Hall–Kier alpha value is -2.34. The van der Waals surface area contributed by atoms with Crippen LogP contribution in [0.4, 0.5) is 5.82 Å². The molecule has 0 bridgehead atoms. The fraction of sp³-hybridized carbons (Fsp3) is 0.333. The van der Waals surface area contributed by atoms with Gasteiger partial charge < -0.3 is 10.6 Å². The zero-order chi connectivity index (χ0) is 17.1. The van der Waals surface area contributed by atoms with E-state index < -0.39 is 0 Å². The smallest absolute Gasteiger partial charge is 0.242 e. The molecule has 0 saturated carbocycles. The number of hydrogen-bond donors (Lipinski definition) is 2. The summed E-state index contributed by atoms with van der Waals surface area (Å²) in [6, 6.07) is 7.58. The lowest BCUT2D eigenvalue weighted by molar-refractivity contribution is -0.121. The summed E-state index contributed by atoms with van der Waals surface area (Å²) >= 11 is 1.63. The number of thiophene rings is 1. The van der Waals surface area contributed by atoms with E-state index in [1.54, 1.807) is 11.3 Å². The van der Waals surface area contributed by atoms with Crippen LogP contribution in [0.5, 0.6) is 0 Å². The molecule has 6 heteroatoms. The Kier molecular flexibility index (Phi) is 4.85. The van der Waals surface area contributed by atoms with Crippen molar-refractivity contribution in [2.24, 2.45) is 5.92 Å².